The van der Waals surface area contributed by atoms with Gasteiger partial charge in [0.25, 0.3) is 0 Å². The zero-order valence-electron chi connectivity index (χ0n) is 11.8. The molecule has 0 saturated carbocycles. The number of carbonyl (C=O) groups excluding carboxylic acids is 1. The Morgan fingerprint density at radius 2 is 2.11 bits per heavy atom. The molecule has 0 fully saturated rings. The topological polar surface area (TPSA) is 37.3 Å². The van der Waals surface area contributed by atoms with Gasteiger partial charge in [-0.05, 0) is 35.7 Å². The summed E-state index contributed by atoms with van der Waals surface area (Å²) >= 11 is 0. The lowest BCUT2D eigenvalue weighted by Crippen LogP contribution is -2.25. The highest BCUT2D eigenvalue weighted by Gasteiger charge is 2.08. The van der Waals surface area contributed by atoms with Crippen LogP contribution < -0.4 is 5.32 Å². The summed E-state index contributed by atoms with van der Waals surface area (Å²) in [7, 11) is 3.56. The van der Waals surface area contributed by atoms with Crippen LogP contribution in [-0.4, -0.2) is 36.0 Å². The predicted molar refractivity (Wildman–Crippen MR) is 78.0 cm³/mol. The number of amides is 1. The minimum absolute atomic E-state index is 0.106. The zero-order chi connectivity index (χ0) is 13.8. The molecule has 0 aliphatic rings. The van der Waals surface area contributed by atoms with Crippen LogP contribution >= 0.6 is 0 Å². The third-order valence-corrected chi connectivity index (χ3v) is 3.22. The van der Waals surface area contributed by atoms with Gasteiger partial charge in [0.15, 0.2) is 0 Å². The van der Waals surface area contributed by atoms with Crippen molar-refractivity contribution in [1.82, 2.24) is 14.8 Å². The van der Waals surface area contributed by atoms with E-state index in [0.29, 0.717) is 6.54 Å². The van der Waals surface area contributed by atoms with Crippen LogP contribution in [0.1, 0.15) is 12.5 Å². The summed E-state index contributed by atoms with van der Waals surface area (Å²) in [5, 5.41) is 4.50. The SMILES string of the molecule is CCNCc1ccc2c(ccn2CC(=O)N(C)C)c1. The standard InChI is InChI=1S/C15H21N3O/c1-4-16-10-12-5-6-14-13(9-12)7-8-18(14)11-15(19)17(2)3/h5-9,16H,4,10-11H2,1-3H3. The molecule has 1 aromatic carbocycles. The second kappa shape index (κ2) is 5.89. The summed E-state index contributed by atoms with van der Waals surface area (Å²) in [5.41, 5.74) is 2.38. The molecular weight excluding hydrogens is 238 g/mol. The molecule has 4 heteroatoms. The van der Waals surface area contributed by atoms with E-state index < -0.39 is 0 Å². The Labute approximate surface area is 114 Å². The molecule has 0 bridgehead atoms. The molecule has 0 atom stereocenters. The Morgan fingerprint density at radius 3 is 2.79 bits per heavy atom. The molecule has 0 spiro atoms. The fourth-order valence-corrected chi connectivity index (χ4v) is 2.05. The summed E-state index contributed by atoms with van der Waals surface area (Å²) in [6.45, 7) is 4.34. The van der Waals surface area contributed by atoms with Crippen molar-refractivity contribution in [1.29, 1.82) is 0 Å². The zero-order valence-corrected chi connectivity index (χ0v) is 11.8. The van der Waals surface area contributed by atoms with Crippen molar-refractivity contribution >= 4 is 16.8 Å². The Balaban J connectivity index is 2.21. The smallest absolute Gasteiger partial charge is 0.241 e. The van der Waals surface area contributed by atoms with Crippen molar-refractivity contribution in [3.8, 4) is 0 Å². The Morgan fingerprint density at radius 1 is 1.32 bits per heavy atom. The average Bonchev–Trinajstić information content (AvgIpc) is 2.78. The fraction of sp³-hybridized carbons (Fsp3) is 0.400. The molecule has 0 aliphatic carbocycles. The van der Waals surface area contributed by atoms with Crippen molar-refractivity contribution in [2.45, 2.75) is 20.0 Å². The van der Waals surface area contributed by atoms with Gasteiger partial charge in [-0.25, -0.2) is 0 Å². The molecule has 0 saturated heterocycles. The molecule has 19 heavy (non-hydrogen) atoms. The molecule has 0 radical (unpaired) electrons. The summed E-state index contributed by atoms with van der Waals surface area (Å²) in [5.74, 6) is 0.106. The van der Waals surface area contributed by atoms with E-state index in [1.165, 1.54) is 10.9 Å². The summed E-state index contributed by atoms with van der Waals surface area (Å²) in [4.78, 5) is 13.4. The first-order valence-electron chi connectivity index (χ1n) is 6.60. The lowest BCUT2D eigenvalue weighted by Gasteiger charge is -2.11. The first-order chi connectivity index (χ1) is 9.11. The van der Waals surface area contributed by atoms with Crippen LogP contribution in [0.15, 0.2) is 30.5 Å². The van der Waals surface area contributed by atoms with E-state index in [9.17, 15) is 4.79 Å². The second-order valence-electron chi connectivity index (χ2n) is 4.91. The number of carbonyl (C=O) groups is 1. The van der Waals surface area contributed by atoms with E-state index in [2.05, 4.69) is 36.5 Å². The third-order valence-electron chi connectivity index (χ3n) is 3.22. The number of aromatic nitrogens is 1. The van der Waals surface area contributed by atoms with Gasteiger partial charge in [-0.3, -0.25) is 4.79 Å². The van der Waals surface area contributed by atoms with Crippen molar-refractivity contribution in [3.05, 3.63) is 36.0 Å². The number of hydrogen-bond donors (Lipinski definition) is 1. The van der Waals surface area contributed by atoms with Gasteiger partial charge in [0.1, 0.15) is 6.54 Å². The van der Waals surface area contributed by atoms with Gasteiger partial charge in [0.05, 0.1) is 0 Å². The molecule has 102 valence electrons. The highest BCUT2D eigenvalue weighted by atomic mass is 16.2. The van der Waals surface area contributed by atoms with Crippen molar-refractivity contribution < 1.29 is 4.79 Å². The molecular formula is C15H21N3O. The van der Waals surface area contributed by atoms with Gasteiger partial charge in [-0.15, -0.1) is 0 Å². The predicted octanol–water partition coefficient (Wildman–Crippen LogP) is 1.84. The van der Waals surface area contributed by atoms with Crippen LogP contribution in [0.2, 0.25) is 0 Å². The largest absolute Gasteiger partial charge is 0.347 e. The van der Waals surface area contributed by atoms with Crippen molar-refractivity contribution in [2.24, 2.45) is 0 Å². The number of likely N-dealkylation sites (N-methyl/N-ethyl adjacent to an activating group) is 1. The first kappa shape index (κ1) is 13.6. The second-order valence-corrected chi connectivity index (χ2v) is 4.91. The van der Waals surface area contributed by atoms with Crippen molar-refractivity contribution in [3.63, 3.8) is 0 Å². The number of rotatable bonds is 5. The van der Waals surface area contributed by atoms with Gasteiger partial charge in [-0.1, -0.05) is 13.0 Å². The van der Waals surface area contributed by atoms with E-state index in [0.717, 1.165) is 18.6 Å². The highest BCUT2D eigenvalue weighted by molar-refractivity contribution is 5.83. The Bertz CT molecular complexity index is 572. The van der Waals surface area contributed by atoms with Gasteiger partial charge in [0.2, 0.25) is 5.91 Å². The molecule has 2 rings (SSSR count). The van der Waals surface area contributed by atoms with Crippen LogP contribution in [-0.2, 0) is 17.9 Å². The molecule has 1 aromatic heterocycles. The molecule has 4 nitrogen and oxygen atoms in total. The van der Waals surface area contributed by atoms with E-state index in [1.54, 1.807) is 19.0 Å². The van der Waals surface area contributed by atoms with E-state index in [-0.39, 0.29) is 5.91 Å². The van der Waals surface area contributed by atoms with Crippen LogP contribution in [0.25, 0.3) is 10.9 Å². The van der Waals surface area contributed by atoms with E-state index in [4.69, 9.17) is 0 Å². The molecule has 2 aromatic rings. The number of benzene rings is 1. The minimum atomic E-state index is 0.106. The number of nitrogens with one attached hydrogen (secondary N) is 1. The lowest BCUT2D eigenvalue weighted by molar-refractivity contribution is -0.129. The molecule has 1 amide bonds. The maximum Gasteiger partial charge on any atom is 0.241 e. The fourth-order valence-electron chi connectivity index (χ4n) is 2.05. The van der Waals surface area contributed by atoms with E-state index >= 15 is 0 Å². The van der Waals surface area contributed by atoms with E-state index in [1.807, 2.05) is 10.8 Å². The highest BCUT2D eigenvalue weighted by Crippen LogP contribution is 2.18. The molecule has 1 N–H and O–H groups in total. The summed E-state index contributed by atoms with van der Waals surface area (Å²) in [6.07, 6.45) is 1.98. The maximum absolute atomic E-state index is 11.8. The Hall–Kier alpha value is -1.81. The maximum atomic E-state index is 11.8. The Kier molecular flexibility index (Phi) is 4.22. The molecule has 1 heterocycles. The lowest BCUT2D eigenvalue weighted by atomic mass is 10.1. The first-order valence-corrected chi connectivity index (χ1v) is 6.60. The molecule has 0 unspecified atom stereocenters. The van der Waals surface area contributed by atoms with Crippen LogP contribution in [0.4, 0.5) is 0 Å². The van der Waals surface area contributed by atoms with Gasteiger partial charge < -0.3 is 14.8 Å². The molecule has 0 aliphatic heterocycles. The van der Waals surface area contributed by atoms with Gasteiger partial charge >= 0.3 is 0 Å². The van der Waals surface area contributed by atoms with Crippen LogP contribution in [0.3, 0.4) is 0 Å². The number of nitrogens with zero attached hydrogens (tertiary/aromatic N) is 2. The summed E-state index contributed by atoms with van der Waals surface area (Å²) < 4.78 is 1.99. The van der Waals surface area contributed by atoms with Crippen LogP contribution in [0, 0.1) is 0 Å². The summed E-state index contributed by atoms with van der Waals surface area (Å²) in [6, 6.07) is 8.44. The minimum Gasteiger partial charge on any atom is -0.347 e. The normalized spacial score (nSPS) is 10.9. The monoisotopic (exact) mass is 259 g/mol. The quantitative estimate of drug-likeness (QED) is 0.889. The third kappa shape index (κ3) is 3.15. The number of fused-ring (bicyclic) bond motifs is 1. The van der Waals surface area contributed by atoms with Gasteiger partial charge in [-0.2, -0.15) is 0 Å². The average molecular weight is 259 g/mol. The van der Waals surface area contributed by atoms with Gasteiger partial charge in [0, 0.05) is 32.4 Å². The van der Waals surface area contributed by atoms with Crippen LogP contribution in [0.5, 0.6) is 0 Å². The van der Waals surface area contributed by atoms with Crippen molar-refractivity contribution in [2.75, 3.05) is 20.6 Å². The number of hydrogen-bond acceptors (Lipinski definition) is 2.